The second-order valence-corrected chi connectivity index (χ2v) is 11.6. The Bertz CT molecular complexity index is 1720. The highest BCUT2D eigenvalue weighted by molar-refractivity contribution is 5.96. The van der Waals surface area contributed by atoms with E-state index in [0.717, 1.165) is 41.7 Å². The third-order valence-corrected chi connectivity index (χ3v) is 8.78. The lowest BCUT2D eigenvalue weighted by atomic mass is 9.80. The fraction of sp³-hybridized carbons (Fsp3) is 0.243. The normalized spacial score (nSPS) is 16.7. The molecular formula is C37H34F3NO3. The molecule has 0 bridgehead atoms. The highest BCUT2D eigenvalue weighted by Crippen LogP contribution is 2.41. The van der Waals surface area contributed by atoms with Crippen molar-refractivity contribution in [1.29, 1.82) is 0 Å². The predicted octanol–water partition coefficient (Wildman–Crippen LogP) is 9.16. The fourth-order valence-electron chi connectivity index (χ4n) is 6.02. The molecule has 4 nitrogen and oxygen atoms in total. The van der Waals surface area contributed by atoms with Gasteiger partial charge in [0.25, 0.3) is 5.91 Å². The number of hydrogen-bond acceptors (Lipinski definition) is 2. The third kappa shape index (κ3) is 6.62. The molecular weight excluding hydrogens is 563 g/mol. The lowest BCUT2D eigenvalue weighted by molar-refractivity contribution is -0.137. The SMILES string of the molecule is CC1=C(C)c2cc(C(=O)NCc3ccc(C(F)(F)F)cc3)ccc2C(C)C(Cc2ccc(-c3ccccc3C(=O)O)cc2)C1. The molecule has 4 aromatic carbocycles. The summed E-state index contributed by atoms with van der Waals surface area (Å²) in [6, 6.07) is 25.7. The van der Waals surface area contributed by atoms with Crippen LogP contribution in [-0.2, 0) is 19.1 Å². The zero-order chi connectivity index (χ0) is 31.6. The zero-order valence-electron chi connectivity index (χ0n) is 24.8. The van der Waals surface area contributed by atoms with E-state index < -0.39 is 17.7 Å². The number of amides is 1. The molecule has 7 heteroatoms. The first kappa shape index (κ1) is 30.8. The van der Waals surface area contributed by atoms with Gasteiger partial charge in [-0.05, 0) is 108 Å². The van der Waals surface area contributed by atoms with Crippen LogP contribution in [0.5, 0.6) is 0 Å². The van der Waals surface area contributed by atoms with Crippen LogP contribution in [-0.4, -0.2) is 17.0 Å². The number of allylic oxidation sites excluding steroid dienone is 2. The van der Waals surface area contributed by atoms with Gasteiger partial charge in [0.15, 0.2) is 0 Å². The van der Waals surface area contributed by atoms with Crippen molar-refractivity contribution < 1.29 is 27.9 Å². The smallest absolute Gasteiger partial charge is 0.416 e. The van der Waals surface area contributed by atoms with Crippen LogP contribution in [0.15, 0.2) is 96.6 Å². The van der Waals surface area contributed by atoms with E-state index in [1.165, 1.54) is 28.8 Å². The number of nitrogens with one attached hydrogen (secondary N) is 1. The van der Waals surface area contributed by atoms with Gasteiger partial charge in [-0.3, -0.25) is 4.79 Å². The Kier molecular flexibility index (Phi) is 8.77. The summed E-state index contributed by atoms with van der Waals surface area (Å²) in [4.78, 5) is 24.7. The second-order valence-electron chi connectivity index (χ2n) is 11.6. The molecule has 2 unspecified atom stereocenters. The van der Waals surface area contributed by atoms with E-state index in [2.05, 4.69) is 38.2 Å². The maximum atomic E-state index is 13.0. The molecule has 0 saturated heterocycles. The van der Waals surface area contributed by atoms with E-state index in [1.54, 1.807) is 12.1 Å². The Balaban J connectivity index is 1.31. The molecule has 0 radical (unpaired) electrons. The van der Waals surface area contributed by atoms with Gasteiger partial charge in [0.05, 0.1) is 11.1 Å². The topological polar surface area (TPSA) is 66.4 Å². The Morgan fingerprint density at radius 1 is 0.864 bits per heavy atom. The van der Waals surface area contributed by atoms with Crippen LogP contribution in [0.4, 0.5) is 13.2 Å². The van der Waals surface area contributed by atoms with Crippen LogP contribution in [0.25, 0.3) is 16.7 Å². The van der Waals surface area contributed by atoms with Gasteiger partial charge in [-0.2, -0.15) is 13.2 Å². The number of carbonyl (C=O) groups is 2. The molecule has 44 heavy (non-hydrogen) atoms. The van der Waals surface area contributed by atoms with Crippen molar-refractivity contribution in [3.8, 4) is 11.1 Å². The van der Waals surface area contributed by atoms with Crippen LogP contribution in [0.2, 0.25) is 0 Å². The Morgan fingerprint density at radius 3 is 2.18 bits per heavy atom. The lowest BCUT2D eigenvalue weighted by Gasteiger charge is -2.24. The number of carbonyl (C=O) groups excluding carboxylic acids is 1. The van der Waals surface area contributed by atoms with Gasteiger partial charge in [0.1, 0.15) is 0 Å². The summed E-state index contributed by atoms with van der Waals surface area (Å²) in [5.41, 5.74) is 8.00. The van der Waals surface area contributed by atoms with Gasteiger partial charge in [0, 0.05) is 12.1 Å². The maximum absolute atomic E-state index is 13.0. The van der Waals surface area contributed by atoms with Crippen LogP contribution < -0.4 is 5.32 Å². The lowest BCUT2D eigenvalue weighted by Crippen LogP contribution is -2.23. The number of halogens is 3. The molecule has 5 rings (SSSR count). The Hall–Kier alpha value is -4.65. The van der Waals surface area contributed by atoms with Crippen molar-refractivity contribution in [2.45, 2.75) is 52.3 Å². The van der Waals surface area contributed by atoms with Crippen molar-refractivity contribution in [2.24, 2.45) is 5.92 Å². The quantitative estimate of drug-likeness (QED) is 0.223. The number of aromatic carboxylic acids is 1. The van der Waals surface area contributed by atoms with Crippen molar-refractivity contribution in [1.82, 2.24) is 5.32 Å². The van der Waals surface area contributed by atoms with E-state index in [0.29, 0.717) is 22.6 Å². The maximum Gasteiger partial charge on any atom is 0.416 e. The monoisotopic (exact) mass is 597 g/mol. The van der Waals surface area contributed by atoms with Gasteiger partial charge in [-0.1, -0.05) is 73.2 Å². The van der Waals surface area contributed by atoms with Crippen LogP contribution in [0.1, 0.15) is 81.6 Å². The minimum Gasteiger partial charge on any atom is -0.478 e. The van der Waals surface area contributed by atoms with E-state index in [9.17, 15) is 27.9 Å². The van der Waals surface area contributed by atoms with Gasteiger partial charge in [-0.15, -0.1) is 0 Å². The average molecular weight is 598 g/mol. The molecule has 0 spiro atoms. The second kappa shape index (κ2) is 12.5. The fourth-order valence-corrected chi connectivity index (χ4v) is 6.02. The van der Waals surface area contributed by atoms with E-state index in [-0.39, 0.29) is 23.9 Å². The van der Waals surface area contributed by atoms with Gasteiger partial charge in [0.2, 0.25) is 0 Å². The number of hydrogen-bond donors (Lipinski definition) is 2. The summed E-state index contributed by atoms with van der Waals surface area (Å²) in [5, 5.41) is 12.4. The number of carboxylic acid groups (broad SMARTS) is 1. The Morgan fingerprint density at radius 2 is 1.52 bits per heavy atom. The largest absolute Gasteiger partial charge is 0.478 e. The molecule has 2 atom stereocenters. The van der Waals surface area contributed by atoms with E-state index in [4.69, 9.17) is 0 Å². The zero-order valence-corrected chi connectivity index (χ0v) is 24.8. The predicted molar refractivity (Wildman–Crippen MR) is 166 cm³/mol. The van der Waals surface area contributed by atoms with Crippen LogP contribution in [0.3, 0.4) is 0 Å². The third-order valence-electron chi connectivity index (χ3n) is 8.78. The molecule has 1 amide bonds. The summed E-state index contributed by atoms with van der Waals surface area (Å²) in [6.07, 6.45) is -2.65. The Labute approximate surface area is 255 Å². The molecule has 0 saturated carbocycles. The number of rotatable bonds is 7. The van der Waals surface area contributed by atoms with Gasteiger partial charge in [-0.25, -0.2) is 4.79 Å². The van der Waals surface area contributed by atoms with Crippen molar-refractivity contribution in [3.05, 3.63) is 136 Å². The minimum atomic E-state index is -4.40. The first-order valence-corrected chi connectivity index (χ1v) is 14.6. The van der Waals surface area contributed by atoms with Crippen LogP contribution in [0, 0.1) is 5.92 Å². The van der Waals surface area contributed by atoms with Gasteiger partial charge >= 0.3 is 12.1 Å². The number of benzene rings is 4. The van der Waals surface area contributed by atoms with Crippen molar-refractivity contribution in [3.63, 3.8) is 0 Å². The molecule has 2 N–H and O–H groups in total. The molecule has 1 aliphatic carbocycles. The molecule has 226 valence electrons. The first-order chi connectivity index (χ1) is 20.9. The van der Waals surface area contributed by atoms with E-state index >= 15 is 0 Å². The molecule has 0 aromatic heterocycles. The number of fused-ring (bicyclic) bond motifs is 1. The summed E-state index contributed by atoms with van der Waals surface area (Å²) >= 11 is 0. The van der Waals surface area contributed by atoms with Crippen molar-refractivity contribution in [2.75, 3.05) is 0 Å². The number of carboxylic acids is 1. The van der Waals surface area contributed by atoms with E-state index in [1.807, 2.05) is 42.5 Å². The van der Waals surface area contributed by atoms with Crippen molar-refractivity contribution >= 4 is 17.4 Å². The molecule has 0 aliphatic heterocycles. The summed E-state index contributed by atoms with van der Waals surface area (Å²) in [7, 11) is 0. The standard InChI is InChI=1S/C37H34F3NO3/c1-22-18-29(19-25-8-12-27(13-9-25)32-6-4-5-7-33(32)36(43)44)24(3)31-17-14-28(20-34(31)23(22)2)35(42)41-21-26-10-15-30(16-11-26)37(38,39)40/h4-17,20,24,29H,18-19,21H2,1-3H3,(H,41,42)(H,43,44). The molecule has 1 aliphatic rings. The summed E-state index contributed by atoms with van der Waals surface area (Å²) in [6.45, 7) is 6.56. The summed E-state index contributed by atoms with van der Waals surface area (Å²) in [5.74, 6) is -0.694. The summed E-state index contributed by atoms with van der Waals surface area (Å²) < 4.78 is 38.6. The minimum absolute atomic E-state index is 0.126. The van der Waals surface area contributed by atoms with Crippen LogP contribution >= 0.6 is 0 Å². The number of alkyl halides is 3. The molecule has 0 fully saturated rings. The highest BCUT2D eigenvalue weighted by atomic mass is 19.4. The first-order valence-electron chi connectivity index (χ1n) is 14.6. The molecule has 0 heterocycles. The average Bonchev–Trinajstić information content (AvgIpc) is 3.10. The molecule has 4 aromatic rings. The van der Waals surface area contributed by atoms with Gasteiger partial charge < -0.3 is 10.4 Å². The highest BCUT2D eigenvalue weighted by Gasteiger charge is 2.30.